The molecule has 45 heteroatoms. The monoisotopic (exact) mass is 1830 g/mol. The fraction of sp³-hybridized carbons (Fsp3) is 0.361. The second-order valence-electron chi connectivity index (χ2n) is 31.3. The van der Waals surface area contributed by atoms with Gasteiger partial charge in [-0.1, -0.05) is 67.4 Å². The number of phenols is 3. The van der Waals surface area contributed by atoms with E-state index in [9.17, 15) is 92.3 Å². The molecule has 39 nitrogen and oxygen atoms in total. The number of rotatable bonds is 18. The molecule has 18 atom stereocenters. The Morgan fingerprint density at radius 1 is 0.680 bits per heavy atom. The minimum Gasteiger partial charge on any atom is -0.508 e. The minimum atomic E-state index is -5.10. The Hall–Kier alpha value is -12.6. The highest BCUT2D eigenvalue weighted by atomic mass is 35.5. The Labute approximate surface area is 732 Å². The Morgan fingerprint density at radius 3 is 1.91 bits per heavy atom. The van der Waals surface area contributed by atoms with Crippen LogP contribution in [0.2, 0.25) is 10.0 Å². The molecule has 7 aromatic rings. The number of hydrogen-bond donors (Lipinski definition) is 22. The number of nitrogens with two attached hydrogens (primary N) is 2. The molecular formula is C83H87Cl2F4N13O26. The third-order valence-electron chi connectivity index (χ3n) is 21.7. The molecule has 0 spiro atoms. The van der Waals surface area contributed by atoms with E-state index in [1.165, 1.54) is 44.3 Å². The predicted octanol–water partition coefficient (Wildman–Crippen LogP) is 1.90. The normalized spacial score (nSPS) is 25.7. The smallest absolute Gasteiger partial charge is 0.419 e. The van der Waals surface area contributed by atoms with Crippen LogP contribution in [-0.2, 0) is 74.9 Å². The van der Waals surface area contributed by atoms with Crippen molar-refractivity contribution in [2.24, 2.45) is 17.4 Å². The van der Waals surface area contributed by atoms with Crippen molar-refractivity contribution in [2.75, 3.05) is 19.0 Å². The average molecular weight is 1830 g/mol. The maximum Gasteiger partial charge on any atom is 0.419 e. The number of hydrogen-bond acceptors (Lipinski definition) is 28. The topological polar surface area (TPSA) is 610 Å². The molecule has 2 fully saturated rings. The molecule has 24 N–H and O–H groups in total. The third kappa shape index (κ3) is 21.0. The molecule has 0 aromatic heterocycles. The van der Waals surface area contributed by atoms with Crippen LogP contribution in [0.1, 0.15) is 127 Å². The number of ether oxygens (including phenoxy) is 6. The molecule has 7 aromatic carbocycles. The van der Waals surface area contributed by atoms with Crippen LogP contribution in [0, 0.1) is 11.7 Å². The van der Waals surface area contributed by atoms with Gasteiger partial charge in [0, 0.05) is 46.9 Å². The predicted molar refractivity (Wildman–Crippen MR) is 436 cm³/mol. The zero-order chi connectivity index (χ0) is 93.1. The van der Waals surface area contributed by atoms with E-state index in [1.807, 2.05) is 5.43 Å². The number of carbonyl (C=O) groups is 11. The summed E-state index contributed by atoms with van der Waals surface area (Å²) in [6, 6.07) is 5.55. The summed E-state index contributed by atoms with van der Waals surface area (Å²) in [4.78, 5) is 157. The first-order valence-electron chi connectivity index (χ1n) is 39.3. The van der Waals surface area contributed by atoms with Gasteiger partial charge < -0.3 is 134 Å². The number of likely N-dealkylation sites (N-methyl/N-ethyl adjacent to an activating group) is 1. The van der Waals surface area contributed by atoms with Gasteiger partial charge in [0.05, 0.1) is 46.9 Å². The van der Waals surface area contributed by atoms with Gasteiger partial charge in [-0.25, -0.2) is 4.39 Å². The quantitative estimate of drug-likeness (QED) is 0.0331. The number of alkyl halides is 3. The van der Waals surface area contributed by atoms with Gasteiger partial charge >= 0.3 is 18.0 Å². The van der Waals surface area contributed by atoms with E-state index in [-0.39, 0.29) is 42.1 Å². The lowest BCUT2D eigenvalue weighted by Crippen LogP contribution is -2.65. The molecule has 0 aliphatic carbocycles. The Kier molecular flexibility index (Phi) is 28.7. The SMILES string of the molecule is CNC(CC(C)C)C(=O)NC1C(=O)NC(CC(N)=O)C(=O)NC2C(=O)NC3C(=O)NC(C(=O)NC(C(=O)NNC(=O)C(N)=O)c4cc(O)cc(O)c4-c4cc3ccc4O)C(O)c3ccc(c(Cl)c3)Oc3cc2cc(c3OC2OC(CO)C(O)C(O)C2OC2CC(C)(NCc3ccc(NC(=O)c4ccc(F)c(C(F)(F)F)c4)cc3)C(O)C(C)O2)Oc2ccc(cc2Cl)C1O. The number of anilines is 1. The molecule has 7 aliphatic rings. The molecule has 11 amide bonds. The number of primary amides is 2. The summed E-state index contributed by atoms with van der Waals surface area (Å²) in [5.41, 5.74) is 8.06. The van der Waals surface area contributed by atoms with Crippen LogP contribution in [0.25, 0.3) is 11.1 Å². The zero-order valence-electron chi connectivity index (χ0n) is 67.9. The number of amides is 11. The van der Waals surface area contributed by atoms with Crippen LogP contribution >= 0.6 is 23.2 Å². The van der Waals surface area contributed by atoms with Crippen LogP contribution in [0.15, 0.2) is 121 Å². The van der Waals surface area contributed by atoms with Gasteiger partial charge in [0.2, 0.25) is 53.4 Å². The molecule has 0 saturated carbocycles. The fourth-order valence-electron chi connectivity index (χ4n) is 15.0. The number of nitrogens with one attached hydrogen (secondary N) is 11. The van der Waals surface area contributed by atoms with Crippen LogP contribution in [-0.4, -0.2) is 204 Å². The number of aliphatic hydroxyl groups is 6. The van der Waals surface area contributed by atoms with Crippen molar-refractivity contribution in [1.29, 1.82) is 0 Å². The second kappa shape index (κ2) is 38.9. The summed E-state index contributed by atoms with van der Waals surface area (Å²) in [7, 11) is 1.44. The Balaban J connectivity index is 1.01. The molecule has 14 rings (SSSR count). The van der Waals surface area contributed by atoms with E-state index in [0.717, 1.165) is 72.8 Å². The summed E-state index contributed by atoms with van der Waals surface area (Å²) in [5.74, 6) is -22.8. The highest BCUT2D eigenvalue weighted by Gasteiger charge is 2.53. The number of aliphatic hydroxyl groups excluding tert-OH is 6. The van der Waals surface area contributed by atoms with Crippen LogP contribution < -0.4 is 84.4 Å². The molecular weight excluding hydrogens is 1740 g/mol. The van der Waals surface area contributed by atoms with Crippen molar-refractivity contribution in [3.05, 3.63) is 182 Å². The number of hydrazine groups is 1. The van der Waals surface area contributed by atoms with E-state index in [2.05, 4.69) is 47.9 Å². The summed E-state index contributed by atoms with van der Waals surface area (Å²) in [6.07, 6.45) is -25.3. The molecule has 2 saturated heterocycles. The minimum absolute atomic E-state index is 0.0602. The zero-order valence-corrected chi connectivity index (χ0v) is 69.4. The molecule has 682 valence electrons. The van der Waals surface area contributed by atoms with Crippen molar-refractivity contribution < 1.29 is 145 Å². The number of benzene rings is 7. The first-order valence-corrected chi connectivity index (χ1v) is 40.0. The highest BCUT2D eigenvalue weighted by Crippen LogP contribution is 2.50. The lowest BCUT2D eigenvalue weighted by Gasteiger charge is -2.48. The number of aromatic hydroxyl groups is 3. The average Bonchev–Trinajstić information content (AvgIpc) is 0.763. The lowest BCUT2D eigenvalue weighted by atomic mass is 9.84. The molecule has 18 unspecified atom stereocenters. The Morgan fingerprint density at radius 2 is 1.30 bits per heavy atom. The lowest BCUT2D eigenvalue weighted by molar-refractivity contribution is -0.334. The largest absolute Gasteiger partial charge is 0.508 e. The van der Waals surface area contributed by atoms with Crippen molar-refractivity contribution in [1.82, 2.24) is 53.4 Å². The van der Waals surface area contributed by atoms with E-state index < -0.39 is 294 Å². The van der Waals surface area contributed by atoms with Gasteiger partial charge in [-0.2, -0.15) is 13.2 Å². The van der Waals surface area contributed by atoms with Crippen molar-refractivity contribution >= 4 is 93.9 Å². The maximum absolute atomic E-state index is 16.3. The molecule has 128 heavy (non-hydrogen) atoms. The summed E-state index contributed by atoms with van der Waals surface area (Å²) >= 11 is 14.3. The van der Waals surface area contributed by atoms with Gasteiger partial charge in [-0.05, 0) is 152 Å². The molecule has 0 radical (unpaired) electrons. The van der Waals surface area contributed by atoms with Gasteiger partial charge in [-0.15, -0.1) is 0 Å². The van der Waals surface area contributed by atoms with E-state index in [4.69, 9.17) is 63.1 Å². The first kappa shape index (κ1) is 94.5. The number of carbonyl (C=O) groups excluding carboxylic acids is 11. The van der Waals surface area contributed by atoms with Crippen LogP contribution in [0.5, 0.6) is 46.0 Å². The molecule has 11 bridgehead atoms. The fourth-order valence-corrected chi connectivity index (χ4v) is 15.5. The van der Waals surface area contributed by atoms with Crippen molar-refractivity contribution in [2.45, 2.75) is 169 Å². The molecule has 7 heterocycles. The molecule has 7 aliphatic heterocycles. The van der Waals surface area contributed by atoms with Gasteiger partial charge in [0.15, 0.2) is 23.9 Å². The maximum atomic E-state index is 16.3. The summed E-state index contributed by atoms with van der Waals surface area (Å²) < 4.78 is 94.0. The van der Waals surface area contributed by atoms with Gasteiger partial charge in [0.1, 0.15) is 101 Å². The standard InChI is InChI=1S/C83H87Cl2F4N13O26/c1-31(2)18-47(92-5)73(115)99-62-64(108)35-10-16-51(44(84)21-35)124-53-23-38-24-54(68(53)128-81-69(67(111)66(110)55(30-103)126-81)127-57-28-82(4,70(112)32(3)123-57)93-29-33-6-12-39(13-7-33)94-72(114)37-8-14-46(86)43(20-37)83(87,88)89)125-52-17-11-36(22-45(52)85)65(109)63-78(120)98-61(79(121)101-102-80(122)71(91)113)42-25-40(104)26-50(106)58(42)41-19-34(9-15-49(41)105)59(75(117)100-63)97-76(118)60(38)96-74(116)48(27-56(90)107)95-77(62)119/h6-17,19-26,31-32,47-48,55,57,59-67,69-70,81,92-93,103-106,108-112H,18,27-30H2,1-5H3,(H2,90,107)(H2,91,113)(H,94,114)(H,95,119)(H,96,116)(H,97,118)(H,98,120)(H,99,115)(H,100,117)(H,101,121)(H,102,122). The van der Waals surface area contributed by atoms with Crippen LogP contribution in [0.3, 0.4) is 0 Å². The summed E-state index contributed by atoms with van der Waals surface area (Å²) in [5, 5.41) is 129. The van der Waals surface area contributed by atoms with Crippen molar-refractivity contribution in [3.8, 4) is 57.1 Å². The third-order valence-corrected chi connectivity index (χ3v) is 22.3. The number of halogens is 6. The second-order valence-corrected chi connectivity index (χ2v) is 32.1. The first-order chi connectivity index (χ1) is 60.4. The highest BCUT2D eigenvalue weighted by molar-refractivity contribution is 6.34. The van der Waals surface area contributed by atoms with Crippen molar-refractivity contribution in [3.63, 3.8) is 0 Å². The number of fused-ring (bicyclic) bond motifs is 15. The van der Waals surface area contributed by atoms with E-state index in [0.29, 0.717) is 23.8 Å². The van der Waals surface area contributed by atoms with E-state index in [1.54, 1.807) is 26.2 Å². The van der Waals surface area contributed by atoms with Crippen LogP contribution in [0.4, 0.5) is 23.2 Å². The number of phenolic OH excluding ortho intramolecular Hbond substituents is 3. The van der Waals surface area contributed by atoms with Gasteiger partial charge in [0.25, 0.3) is 11.8 Å². The Bertz CT molecular complexity index is 5510. The van der Waals surface area contributed by atoms with Gasteiger partial charge in [-0.3, -0.25) is 63.6 Å². The summed E-state index contributed by atoms with van der Waals surface area (Å²) in [6.45, 7) is 5.48. The van der Waals surface area contributed by atoms with E-state index >= 15 is 24.0 Å².